The van der Waals surface area contributed by atoms with E-state index < -0.39 is 30.4 Å². The first-order chi connectivity index (χ1) is 14.9. The van der Waals surface area contributed by atoms with Crippen molar-refractivity contribution in [3.05, 3.63) is 29.8 Å². The summed E-state index contributed by atoms with van der Waals surface area (Å²) in [5, 5.41) is 28.6. The summed E-state index contributed by atoms with van der Waals surface area (Å²) in [5.74, 6) is -0.254. The van der Waals surface area contributed by atoms with Crippen LogP contribution in [-0.2, 0) is 14.3 Å². The van der Waals surface area contributed by atoms with Crippen LogP contribution in [0.2, 0.25) is 0 Å². The summed E-state index contributed by atoms with van der Waals surface area (Å²) < 4.78 is 10.9. The van der Waals surface area contributed by atoms with Crippen molar-refractivity contribution in [2.24, 2.45) is 0 Å². The zero-order valence-corrected chi connectivity index (χ0v) is 17.8. The number of hydrogen-bond donors (Lipinski definition) is 5. The van der Waals surface area contributed by atoms with Crippen LogP contribution in [0.3, 0.4) is 0 Å². The van der Waals surface area contributed by atoms with Crippen molar-refractivity contribution < 1.29 is 29.3 Å². The minimum Gasteiger partial charge on any atom is -0.388 e. The maximum Gasteiger partial charge on any atom is 0.319 e. The number of aryl methyl sites for hydroxylation is 1. The average Bonchev–Trinajstić information content (AvgIpc) is 3.02. The van der Waals surface area contributed by atoms with Crippen molar-refractivity contribution in [3.8, 4) is 0 Å². The fourth-order valence-electron chi connectivity index (χ4n) is 3.60. The number of benzene rings is 1. The molecule has 3 amide bonds. The molecule has 0 radical (unpaired) electrons. The molecule has 1 aromatic rings. The first kappa shape index (κ1) is 23.4. The third-order valence-electron chi connectivity index (χ3n) is 5.48. The Labute approximate surface area is 181 Å². The molecule has 2 aliphatic heterocycles. The fraction of sp³-hybridized carbons (Fsp3) is 0.619. The molecule has 4 atom stereocenters. The van der Waals surface area contributed by atoms with Crippen LogP contribution in [0.4, 0.5) is 10.5 Å². The Bertz CT molecular complexity index is 725. The van der Waals surface area contributed by atoms with Crippen molar-refractivity contribution >= 4 is 17.6 Å². The van der Waals surface area contributed by atoms with Crippen molar-refractivity contribution in [1.82, 2.24) is 15.5 Å². The molecule has 0 bridgehead atoms. The fourth-order valence-corrected chi connectivity index (χ4v) is 3.60. The van der Waals surface area contributed by atoms with Crippen LogP contribution >= 0.6 is 0 Å². The maximum absolute atomic E-state index is 12.2. The monoisotopic (exact) mass is 436 g/mol. The molecule has 5 N–H and O–H groups in total. The van der Waals surface area contributed by atoms with Gasteiger partial charge in [0.2, 0.25) is 5.91 Å². The Morgan fingerprint density at radius 2 is 1.74 bits per heavy atom. The van der Waals surface area contributed by atoms with Crippen LogP contribution in [0.15, 0.2) is 24.3 Å². The molecule has 2 saturated heterocycles. The average molecular weight is 437 g/mol. The topological polar surface area (TPSA) is 132 Å². The number of aliphatic hydroxyl groups excluding tert-OH is 2. The number of ether oxygens (including phenoxy) is 2. The van der Waals surface area contributed by atoms with E-state index in [9.17, 15) is 19.8 Å². The SMILES string of the molecule is Cc1ccc(NC(=O)NC[C@@H]2O[C@@H](CC(=O)NCCN3CCOCC3)[C@H](O)[C@@H]2O)cc1. The molecule has 0 saturated carbocycles. The normalized spacial score (nSPS) is 26.4. The number of carbonyl (C=O) groups is 2. The molecular formula is C21H32N4O6. The molecule has 1 aromatic carbocycles. The molecule has 0 unspecified atom stereocenters. The van der Waals surface area contributed by atoms with Gasteiger partial charge in [-0.15, -0.1) is 0 Å². The van der Waals surface area contributed by atoms with Gasteiger partial charge in [0.15, 0.2) is 0 Å². The van der Waals surface area contributed by atoms with Gasteiger partial charge in [0, 0.05) is 38.4 Å². The van der Waals surface area contributed by atoms with E-state index in [1.165, 1.54) is 0 Å². The Morgan fingerprint density at radius 3 is 2.45 bits per heavy atom. The number of amides is 3. The first-order valence-corrected chi connectivity index (χ1v) is 10.6. The summed E-state index contributed by atoms with van der Waals surface area (Å²) in [6.45, 7) is 6.28. The second-order valence-electron chi connectivity index (χ2n) is 7.90. The van der Waals surface area contributed by atoms with Gasteiger partial charge in [-0.2, -0.15) is 0 Å². The number of morpholine rings is 1. The minimum atomic E-state index is -1.20. The van der Waals surface area contributed by atoms with E-state index in [4.69, 9.17) is 9.47 Å². The van der Waals surface area contributed by atoms with Gasteiger partial charge in [-0.3, -0.25) is 9.69 Å². The lowest BCUT2D eigenvalue weighted by Gasteiger charge is -2.26. The maximum atomic E-state index is 12.2. The molecule has 10 nitrogen and oxygen atoms in total. The molecule has 2 fully saturated rings. The van der Waals surface area contributed by atoms with E-state index in [2.05, 4.69) is 20.9 Å². The van der Waals surface area contributed by atoms with E-state index in [-0.39, 0.29) is 18.9 Å². The highest BCUT2D eigenvalue weighted by Crippen LogP contribution is 2.23. The largest absolute Gasteiger partial charge is 0.388 e. The third-order valence-corrected chi connectivity index (χ3v) is 5.48. The summed E-state index contributed by atoms with van der Waals surface area (Å²) in [6.07, 6.45) is -4.08. The van der Waals surface area contributed by atoms with Crippen LogP contribution in [0, 0.1) is 6.92 Å². The van der Waals surface area contributed by atoms with Crippen molar-refractivity contribution in [2.75, 3.05) is 51.3 Å². The standard InChI is InChI=1S/C21H32N4O6/c1-14-2-4-15(5-3-14)24-21(29)23-13-17-20(28)19(27)16(31-17)12-18(26)22-6-7-25-8-10-30-11-9-25/h2-5,16-17,19-20,27-28H,6-13H2,1H3,(H,22,26)(H2,23,24,29)/t16-,17-,19-,20+/m0/s1. The lowest BCUT2D eigenvalue weighted by molar-refractivity contribution is -0.125. The highest BCUT2D eigenvalue weighted by atomic mass is 16.5. The van der Waals surface area contributed by atoms with E-state index in [1.807, 2.05) is 19.1 Å². The van der Waals surface area contributed by atoms with Gasteiger partial charge in [0.05, 0.1) is 25.7 Å². The van der Waals surface area contributed by atoms with Crippen LogP contribution in [0.1, 0.15) is 12.0 Å². The Morgan fingerprint density at radius 1 is 1.06 bits per heavy atom. The number of anilines is 1. The second kappa shape index (κ2) is 11.4. The second-order valence-corrected chi connectivity index (χ2v) is 7.90. The molecule has 0 spiro atoms. The summed E-state index contributed by atoms with van der Waals surface area (Å²) in [7, 11) is 0. The lowest BCUT2D eigenvalue weighted by atomic mass is 10.1. The van der Waals surface area contributed by atoms with Crippen LogP contribution < -0.4 is 16.0 Å². The quantitative estimate of drug-likeness (QED) is 0.369. The summed E-state index contributed by atoms with van der Waals surface area (Å²) >= 11 is 0. The van der Waals surface area contributed by atoms with Crippen LogP contribution in [-0.4, -0.2) is 97.4 Å². The van der Waals surface area contributed by atoms with E-state index in [1.54, 1.807) is 12.1 Å². The Balaban J connectivity index is 1.36. The molecule has 0 aromatic heterocycles. The van der Waals surface area contributed by atoms with Gasteiger partial charge in [-0.1, -0.05) is 17.7 Å². The number of nitrogens with one attached hydrogen (secondary N) is 3. The Hall–Kier alpha value is -2.24. The van der Waals surface area contributed by atoms with Crippen molar-refractivity contribution in [3.63, 3.8) is 0 Å². The third kappa shape index (κ3) is 7.15. The zero-order chi connectivity index (χ0) is 22.2. The van der Waals surface area contributed by atoms with Gasteiger partial charge in [0.1, 0.15) is 18.3 Å². The van der Waals surface area contributed by atoms with E-state index in [0.29, 0.717) is 25.4 Å². The smallest absolute Gasteiger partial charge is 0.319 e. The zero-order valence-electron chi connectivity index (χ0n) is 17.8. The molecule has 3 rings (SSSR count). The molecule has 2 heterocycles. The van der Waals surface area contributed by atoms with Gasteiger partial charge in [-0.05, 0) is 19.1 Å². The van der Waals surface area contributed by atoms with Gasteiger partial charge in [0.25, 0.3) is 0 Å². The minimum absolute atomic E-state index is 0.00503. The predicted octanol–water partition coefficient (Wildman–Crippen LogP) is -0.556. The first-order valence-electron chi connectivity index (χ1n) is 10.6. The highest BCUT2D eigenvalue weighted by Gasteiger charge is 2.43. The molecule has 10 heteroatoms. The van der Waals surface area contributed by atoms with Crippen LogP contribution in [0.25, 0.3) is 0 Å². The van der Waals surface area contributed by atoms with Crippen molar-refractivity contribution in [1.29, 1.82) is 0 Å². The van der Waals surface area contributed by atoms with Gasteiger partial charge >= 0.3 is 6.03 Å². The Kier molecular flexibility index (Phi) is 8.61. The summed E-state index contributed by atoms with van der Waals surface area (Å²) in [5.41, 5.74) is 1.72. The molecule has 2 aliphatic rings. The van der Waals surface area contributed by atoms with E-state index >= 15 is 0 Å². The van der Waals surface area contributed by atoms with Crippen LogP contribution in [0.5, 0.6) is 0 Å². The van der Waals surface area contributed by atoms with Gasteiger partial charge in [-0.25, -0.2) is 4.79 Å². The van der Waals surface area contributed by atoms with E-state index in [0.717, 1.165) is 25.2 Å². The number of carbonyl (C=O) groups excluding carboxylic acids is 2. The van der Waals surface area contributed by atoms with Crippen molar-refractivity contribution in [2.45, 2.75) is 37.8 Å². The number of rotatable bonds is 8. The van der Waals surface area contributed by atoms with Gasteiger partial charge < -0.3 is 35.6 Å². The number of hydrogen-bond acceptors (Lipinski definition) is 7. The molecular weight excluding hydrogens is 404 g/mol. The lowest BCUT2D eigenvalue weighted by Crippen LogP contribution is -2.42. The highest BCUT2D eigenvalue weighted by molar-refractivity contribution is 5.89. The molecule has 0 aliphatic carbocycles. The molecule has 31 heavy (non-hydrogen) atoms. The predicted molar refractivity (Wildman–Crippen MR) is 114 cm³/mol. The summed E-state index contributed by atoms with van der Waals surface area (Å²) in [6, 6.07) is 6.89. The number of nitrogens with zero attached hydrogens (tertiary/aromatic N) is 1. The molecule has 172 valence electrons. The number of urea groups is 1. The summed E-state index contributed by atoms with van der Waals surface area (Å²) in [4.78, 5) is 26.4. The number of aliphatic hydroxyl groups is 2.